The molecule has 0 aliphatic carbocycles. The quantitative estimate of drug-likeness (QED) is 0.492. The van der Waals surface area contributed by atoms with Crippen LogP contribution in [-0.4, -0.2) is 22.2 Å². The van der Waals surface area contributed by atoms with Gasteiger partial charge in [-0.3, -0.25) is 9.59 Å². The number of rotatable bonds is 4. The number of hydrogen-bond donors (Lipinski definition) is 2. The van der Waals surface area contributed by atoms with E-state index in [-0.39, 0.29) is 17.2 Å². The average molecular weight is 268 g/mol. The normalized spacial score (nSPS) is 10.1. The lowest BCUT2D eigenvalue weighted by Crippen LogP contribution is -2.07. The number of phenols is 2. The summed E-state index contributed by atoms with van der Waals surface area (Å²) in [5.41, 5.74) is 0.297. The maximum Gasteiger partial charge on any atom is 0.308 e. The maximum absolute atomic E-state index is 11.0. The van der Waals surface area contributed by atoms with E-state index in [9.17, 15) is 19.8 Å². The van der Waals surface area contributed by atoms with Gasteiger partial charge in [0, 0.05) is 25.5 Å². The van der Waals surface area contributed by atoms with Gasteiger partial charge in [0.05, 0.1) is 0 Å². The molecule has 6 nitrogen and oxygen atoms in total. The van der Waals surface area contributed by atoms with Gasteiger partial charge in [0.1, 0.15) is 5.75 Å². The van der Waals surface area contributed by atoms with Crippen molar-refractivity contribution in [3.63, 3.8) is 0 Å². The Hall–Kier alpha value is -2.24. The average Bonchev–Trinajstić information content (AvgIpc) is 2.29. The van der Waals surface area contributed by atoms with Gasteiger partial charge in [-0.05, 0) is 6.42 Å². The maximum atomic E-state index is 11.0. The number of aromatic hydroxyl groups is 2. The highest BCUT2D eigenvalue weighted by atomic mass is 16.6. The topological polar surface area (TPSA) is 93.1 Å². The summed E-state index contributed by atoms with van der Waals surface area (Å²) in [5.74, 6) is -2.41. The lowest BCUT2D eigenvalue weighted by Gasteiger charge is -2.14. The molecule has 6 heteroatoms. The molecule has 0 radical (unpaired) electrons. The van der Waals surface area contributed by atoms with Gasteiger partial charge < -0.3 is 19.7 Å². The SMILES string of the molecule is CCCc1c(O)cc(OC(C)=O)c(O)c1OC(C)=O. The molecule has 0 fully saturated rings. The van der Waals surface area contributed by atoms with Crippen molar-refractivity contribution in [2.75, 3.05) is 0 Å². The van der Waals surface area contributed by atoms with Crippen molar-refractivity contribution >= 4 is 11.9 Å². The highest BCUT2D eigenvalue weighted by molar-refractivity contribution is 5.76. The second-order valence-electron chi connectivity index (χ2n) is 3.99. The molecule has 0 aromatic heterocycles. The molecule has 2 N–H and O–H groups in total. The summed E-state index contributed by atoms with van der Waals surface area (Å²) in [6.45, 7) is 4.20. The van der Waals surface area contributed by atoms with Crippen LogP contribution in [0.1, 0.15) is 32.8 Å². The largest absolute Gasteiger partial charge is 0.507 e. The molecule has 0 spiro atoms. The number of esters is 2. The fraction of sp³-hybridized carbons (Fsp3) is 0.385. The predicted octanol–water partition coefficient (Wildman–Crippen LogP) is 1.90. The van der Waals surface area contributed by atoms with Crippen LogP contribution < -0.4 is 9.47 Å². The molecule has 0 unspecified atom stereocenters. The standard InChI is InChI=1S/C13H16O6/c1-4-5-9-10(16)6-11(18-7(2)14)12(17)13(9)19-8(3)15/h6,16-17H,4-5H2,1-3H3. The lowest BCUT2D eigenvalue weighted by atomic mass is 10.1. The molecular formula is C13H16O6. The van der Waals surface area contributed by atoms with E-state index in [2.05, 4.69) is 0 Å². The number of hydrogen-bond acceptors (Lipinski definition) is 6. The van der Waals surface area contributed by atoms with Gasteiger partial charge in [0.15, 0.2) is 11.5 Å². The fourth-order valence-electron chi connectivity index (χ4n) is 1.63. The van der Waals surface area contributed by atoms with Crippen LogP contribution in [0.3, 0.4) is 0 Å². The van der Waals surface area contributed by atoms with E-state index in [0.717, 1.165) is 13.0 Å². The molecule has 1 rings (SSSR count). The van der Waals surface area contributed by atoms with Crippen molar-refractivity contribution < 1.29 is 29.3 Å². The second kappa shape index (κ2) is 6.08. The minimum atomic E-state index is -0.660. The molecule has 0 aliphatic heterocycles. The van der Waals surface area contributed by atoms with Crippen LogP contribution in [0.5, 0.6) is 23.0 Å². The van der Waals surface area contributed by atoms with Crippen LogP contribution in [0, 0.1) is 0 Å². The first-order valence-corrected chi connectivity index (χ1v) is 5.81. The lowest BCUT2D eigenvalue weighted by molar-refractivity contribution is -0.132. The first-order valence-electron chi connectivity index (χ1n) is 5.81. The van der Waals surface area contributed by atoms with Gasteiger partial charge in [0.2, 0.25) is 5.75 Å². The molecule has 0 saturated heterocycles. The molecule has 0 heterocycles. The molecule has 1 aromatic rings. The number of carbonyl (C=O) groups excluding carboxylic acids is 2. The molecule has 104 valence electrons. The third kappa shape index (κ3) is 3.61. The van der Waals surface area contributed by atoms with Crippen LogP contribution in [0.4, 0.5) is 0 Å². The number of benzene rings is 1. The van der Waals surface area contributed by atoms with Crippen LogP contribution in [-0.2, 0) is 16.0 Å². The Bertz CT molecular complexity index is 506. The van der Waals surface area contributed by atoms with Gasteiger partial charge in [-0.25, -0.2) is 0 Å². The summed E-state index contributed by atoms with van der Waals surface area (Å²) in [7, 11) is 0. The Balaban J connectivity index is 3.37. The molecule has 0 bridgehead atoms. The predicted molar refractivity (Wildman–Crippen MR) is 66.4 cm³/mol. The van der Waals surface area contributed by atoms with Crippen LogP contribution in [0.15, 0.2) is 6.07 Å². The highest BCUT2D eigenvalue weighted by Crippen LogP contribution is 2.44. The zero-order valence-electron chi connectivity index (χ0n) is 11.0. The van der Waals surface area contributed by atoms with E-state index in [1.807, 2.05) is 6.92 Å². The van der Waals surface area contributed by atoms with E-state index in [1.165, 1.54) is 6.92 Å². The summed E-state index contributed by atoms with van der Waals surface area (Å²) in [6, 6.07) is 1.12. The first-order chi connectivity index (χ1) is 8.86. The van der Waals surface area contributed by atoms with Gasteiger partial charge in [0.25, 0.3) is 0 Å². The highest BCUT2D eigenvalue weighted by Gasteiger charge is 2.21. The molecular weight excluding hydrogens is 252 g/mol. The van der Waals surface area contributed by atoms with E-state index in [1.54, 1.807) is 0 Å². The molecule has 0 atom stereocenters. The minimum absolute atomic E-state index is 0.175. The minimum Gasteiger partial charge on any atom is -0.507 e. The molecule has 0 aliphatic rings. The first kappa shape index (κ1) is 14.8. The van der Waals surface area contributed by atoms with E-state index in [0.29, 0.717) is 18.4 Å². The van der Waals surface area contributed by atoms with Crippen LogP contribution in [0.2, 0.25) is 0 Å². The van der Waals surface area contributed by atoms with Crippen molar-refractivity contribution in [2.45, 2.75) is 33.6 Å². The fourth-order valence-corrected chi connectivity index (χ4v) is 1.63. The van der Waals surface area contributed by atoms with E-state index in [4.69, 9.17) is 9.47 Å². The van der Waals surface area contributed by atoms with Gasteiger partial charge in [-0.15, -0.1) is 0 Å². The van der Waals surface area contributed by atoms with Gasteiger partial charge >= 0.3 is 11.9 Å². The zero-order valence-corrected chi connectivity index (χ0v) is 11.0. The molecule has 19 heavy (non-hydrogen) atoms. The van der Waals surface area contributed by atoms with Crippen LogP contribution >= 0.6 is 0 Å². The summed E-state index contributed by atoms with van der Waals surface area (Å²) in [6.07, 6.45) is 1.08. The third-order valence-corrected chi connectivity index (χ3v) is 2.30. The summed E-state index contributed by atoms with van der Waals surface area (Å²) < 4.78 is 9.63. The smallest absolute Gasteiger partial charge is 0.308 e. The summed E-state index contributed by atoms with van der Waals surface area (Å²) >= 11 is 0. The van der Waals surface area contributed by atoms with Crippen LogP contribution in [0.25, 0.3) is 0 Å². The van der Waals surface area contributed by atoms with Crippen molar-refractivity contribution in [1.29, 1.82) is 0 Å². The Morgan fingerprint density at radius 3 is 2.21 bits per heavy atom. The Kier molecular flexibility index (Phi) is 4.74. The Morgan fingerprint density at radius 1 is 1.16 bits per heavy atom. The monoisotopic (exact) mass is 268 g/mol. The van der Waals surface area contributed by atoms with E-state index < -0.39 is 17.7 Å². The number of phenolic OH excluding ortho intramolecular Hbond substituents is 2. The molecule has 1 aromatic carbocycles. The molecule has 0 saturated carbocycles. The summed E-state index contributed by atoms with van der Waals surface area (Å²) in [4.78, 5) is 21.9. The van der Waals surface area contributed by atoms with E-state index >= 15 is 0 Å². The Morgan fingerprint density at radius 2 is 1.74 bits per heavy atom. The van der Waals surface area contributed by atoms with Crippen molar-refractivity contribution in [2.24, 2.45) is 0 Å². The Labute approximate surface area is 110 Å². The number of ether oxygens (including phenoxy) is 2. The van der Waals surface area contributed by atoms with Crippen molar-refractivity contribution in [1.82, 2.24) is 0 Å². The van der Waals surface area contributed by atoms with Gasteiger partial charge in [-0.2, -0.15) is 0 Å². The second-order valence-corrected chi connectivity index (χ2v) is 3.99. The molecule has 0 amide bonds. The summed E-state index contributed by atoms with van der Waals surface area (Å²) in [5, 5.41) is 19.8. The third-order valence-electron chi connectivity index (χ3n) is 2.30. The van der Waals surface area contributed by atoms with Crippen molar-refractivity contribution in [3.05, 3.63) is 11.6 Å². The number of carbonyl (C=O) groups is 2. The van der Waals surface area contributed by atoms with Gasteiger partial charge in [-0.1, -0.05) is 13.3 Å². The zero-order chi connectivity index (χ0) is 14.6. The van der Waals surface area contributed by atoms with Crippen molar-refractivity contribution in [3.8, 4) is 23.0 Å².